The Morgan fingerprint density at radius 1 is 1.07 bits per heavy atom. The standard InChI is InChI=1S/C23H22N2OS/c1-16-7-3-6-10-21(16)24-17(2)14-23(26)15-27-22(25-23)20-12-11-18-8-4-5-9-19(18)13-20/h3-13,26H,14-15H2,1-2H3. The molecule has 1 unspecified atom stereocenters. The summed E-state index contributed by atoms with van der Waals surface area (Å²) in [5.74, 6) is 0.551. The molecule has 136 valence electrons. The van der Waals surface area contributed by atoms with Crippen molar-refractivity contribution in [3.8, 4) is 0 Å². The van der Waals surface area contributed by atoms with Crippen molar-refractivity contribution in [2.75, 3.05) is 5.75 Å². The Bertz CT molecular complexity index is 1060. The van der Waals surface area contributed by atoms with Gasteiger partial charge in [0.25, 0.3) is 0 Å². The van der Waals surface area contributed by atoms with E-state index in [-0.39, 0.29) is 0 Å². The minimum atomic E-state index is -1.10. The monoisotopic (exact) mass is 374 g/mol. The molecule has 4 heteroatoms. The summed E-state index contributed by atoms with van der Waals surface area (Å²) in [4.78, 5) is 9.34. The molecule has 1 atom stereocenters. The van der Waals surface area contributed by atoms with Gasteiger partial charge in [-0.05, 0) is 42.3 Å². The molecule has 1 aliphatic rings. The van der Waals surface area contributed by atoms with Crippen LogP contribution in [0.3, 0.4) is 0 Å². The summed E-state index contributed by atoms with van der Waals surface area (Å²) in [7, 11) is 0. The maximum atomic E-state index is 11.0. The quantitative estimate of drug-likeness (QED) is 0.612. The molecule has 0 saturated heterocycles. The lowest BCUT2D eigenvalue weighted by molar-refractivity contribution is 0.0858. The van der Waals surface area contributed by atoms with Crippen LogP contribution in [0.2, 0.25) is 0 Å². The van der Waals surface area contributed by atoms with Crippen LogP contribution >= 0.6 is 11.8 Å². The van der Waals surface area contributed by atoms with Crippen LogP contribution in [-0.2, 0) is 0 Å². The molecule has 0 aromatic heterocycles. The normalized spacial score (nSPS) is 20.1. The van der Waals surface area contributed by atoms with Gasteiger partial charge < -0.3 is 5.11 Å². The zero-order valence-corrected chi connectivity index (χ0v) is 16.3. The predicted octanol–water partition coefficient (Wildman–Crippen LogP) is 5.51. The summed E-state index contributed by atoms with van der Waals surface area (Å²) in [6, 6.07) is 22.6. The van der Waals surface area contributed by atoms with Gasteiger partial charge in [0.15, 0.2) is 5.72 Å². The number of thioether (sulfide) groups is 1. The molecule has 3 nitrogen and oxygen atoms in total. The van der Waals surface area contributed by atoms with Gasteiger partial charge in [0.05, 0.1) is 5.69 Å². The highest BCUT2D eigenvalue weighted by atomic mass is 32.2. The molecule has 0 aliphatic carbocycles. The molecule has 0 bridgehead atoms. The van der Waals surface area contributed by atoms with Gasteiger partial charge in [-0.1, -0.05) is 54.6 Å². The fourth-order valence-electron chi connectivity index (χ4n) is 3.34. The van der Waals surface area contributed by atoms with Crippen molar-refractivity contribution in [1.82, 2.24) is 0 Å². The summed E-state index contributed by atoms with van der Waals surface area (Å²) in [5.41, 5.74) is 2.93. The van der Waals surface area contributed by atoms with E-state index in [4.69, 9.17) is 0 Å². The summed E-state index contributed by atoms with van der Waals surface area (Å²) in [5, 5.41) is 14.3. The Balaban J connectivity index is 1.57. The first-order valence-electron chi connectivity index (χ1n) is 9.06. The number of nitrogens with zero attached hydrogens (tertiary/aromatic N) is 2. The number of para-hydroxylation sites is 1. The molecule has 0 amide bonds. The average Bonchev–Trinajstić information content (AvgIpc) is 3.05. The van der Waals surface area contributed by atoms with Gasteiger partial charge in [0.1, 0.15) is 5.04 Å². The Morgan fingerprint density at radius 2 is 1.81 bits per heavy atom. The van der Waals surface area contributed by atoms with E-state index in [0.29, 0.717) is 12.2 Å². The lowest BCUT2D eigenvalue weighted by atomic mass is 10.1. The molecule has 4 rings (SSSR count). The van der Waals surface area contributed by atoms with Gasteiger partial charge in [-0.15, -0.1) is 11.8 Å². The van der Waals surface area contributed by atoms with Crippen LogP contribution in [0.25, 0.3) is 10.8 Å². The van der Waals surface area contributed by atoms with Crippen molar-refractivity contribution < 1.29 is 5.11 Å². The number of aryl methyl sites for hydroxylation is 1. The molecule has 0 saturated carbocycles. The fraction of sp³-hybridized carbons (Fsp3) is 0.217. The summed E-state index contributed by atoms with van der Waals surface area (Å²) >= 11 is 1.61. The number of benzene rings is 3. The van der Waals surface area contributed by atoms with Crippen molar-refractivity contribution in [3.05, 3.63) is 77.9 Å². The molecule has 0 fully saturated rings. The molecular weight excluding hydrogens is 352 g/mol. The lowest BCUT2D eigenvalue weighted by Crippen LogP contribution is -2.29. The zero-order valence-electron chi connectivity index (χ0n) is 15.5. The average molecular weight is 375 g/mol. The smallest absolute Gasteiger partial charge is 0.171 e. The Labute approximate surface area is 163 Å². The molecule has 1 aliphatic heterocycles. The van der Waals surface area contributed by atoms with E-state index in [1.165, 1.54) is 10.8 Å². The van der Waals surface area contributed by atoms with Crippen LogP contribution in [0, 0.1) is 6.92 Å². The zero-order chi connectivity index (χ0) is 18.9. The van der Waals surface area contributed by atoms with E-state index < -0.39 is 5.72 Å². The third kappa shape index (κ3) is 3.97. The van der Waals surface area contributed by atoms with Crippen LogP contribution in [0.1, 0.15) is 24.5 Å². The van der Waals surface area contributed by atoms with Gasteiger partial charge in [0, 0.05) is 23.4 Å². The van der Waals surface area contributed by atoms with Crippen molar-refractivity contribution in [1.29, 1.82) is 0 Å². The van der Waals surface area contributed by atoms with E-state index in [1.54, 1.807) is 11.8 Å². The molecule has 0 spiro atoms. The van der Waals surface area contributed by atoms with Crippen LogP contribution < -0.4 is 0 Å². The maximum absolute atomic E-state index is 11.0. The van der Waals surface area contributed by atoms with Crippen LogP contribution in [0.15, 0.2) is 76.7 Å². The number of hydrogen-bond donors (Lipinski definition) is 1. The third-order valence-corrected chi connectivity index (χ3v) is 5.92. The van der Waals surface area contributed by atoms with E-state index in [9.17, 15) is 5.11 Å². The second-order valence-corrected chi connectivity index (χ2v) is 8.02. The molecule has 1 heterocycles. The lowest BCUT2D eigenvalue weighted by Gasteiger charge is -2.18. The van der Waals surface area contributed by atoms with Crippen LogP contribution in [0.4, 0.5) is 5.69 Å². The number of aliphatic imine (C=N–C) groups is 2. The number of rotatable bonds is 4. The van der Waals surface area contributed by atoms with Gasteiger partial charge in [-0.25, -0.2) is 4.99 Å². The molecular formula is C23H22N2OS. The summed E-state index contributed by atoms with van der Waals surface area (Å²) in [6.45, 7) is 4.00. The van der Waals surface area contributed by atoms with Gasteiger partial charge in [-0.3, -0.25) is 4.99 Å². The van der Waals surface area contributed by atoms with E-state index in [0.717, 1.165) is 27.6 Å². The number of hydrogen-bond acceptors (Lipinski definition) is 4. The topological polar surface area (TPSA) is 45.0 Å². The first-order valence-corrected chi connectivity index (χ1v) is 10.0. The highest BCUT2D eigenvalue weighted by molar-refractivity contribution is 8.14. The second kappa shape index (κ2) is 7.29. The highest BCUT2D eigenvalue weighted by Gasteiger charge is 2.34. The first kappa shape index (κ1) is 18.0. The Kier molecular flexibility index (Phi) is 4.85. The van der Waals surface area contributed by atoms with Gasteiger partial charge in [-0.2, -0.15) is 0 Å². The molecule has 3 aromatic rings. The fourth-order valence-corrected chi connectivity index (χ4v) is 4.40. The van der Waals surface area contributed by atoms with E-state index >= 15 is 0 Å². The molecule has 1 N–H and O–H groups in total. The van der Waals surface area contributed by atoms with Crippen LogP contribution in [0.5, 0.6) is 0 Å². The predicted molar refractivity (Wildman–Crippen MR) is 116 cm³/mol. The van der Waals surface area contributed by atoms with Crippen molar-refractivity contribution in [2.45, 2.75) is 26.0 Å². The van der Waals surface area contributed by atoms with Gasteiger partial charge in [0.2, 0.25) is 0 Å². The highest BCUT2D eigenvalue weighted by Crippen LogP contribution is 2.33. The molecule has 27 heavy (non-hydrogen) atoms. The maximum Gasteiger partial charge on any atom is 0.171 e. The van der Waals surface area contributed by atoms with Crippen molar-refractivity contribution in [2.24, 2.45) is 9.98 Å². The van der Waals surface area contributed by atoms with Crippen molar-refractivity contribution >= 4 is 39.0 Å². The summed E-state index contributed by atoms with van der Waals surface area (Å²) < 4.78 is 0. The largest absolute Gasteiger partial charge is 0.368 e. The third-order valence-electron chi connectivity index (χ3n) is 4.71. The minimum absolute atomic E-state index is 0.436. The van der Waals surface area contributed by atoms with E-state index in [2.05, 4.69) is 40.3 Å². The van der Waals surface area contributed by atoms with Gasteiger partial charge >= 0.3 is 0 Å². The minimum Gasteiger partial charge on any atom is -0.368 e. The SMILES string of the molecule is CC(CC1(O)CSC(c2ccc3ccccc3c2)=N1)=Nc1ccccc1C. The first-order chi connectivity index (χ1) is 13.0. The molecule has 3 aromatic carbocycles. The Hall–Kier alpha value is -2.43. The summed E-state index contributed by atoms with van der Waals surface area (Å²) in [6.07, 6.45) is 0.436. The second-order valence-electron chi connectivity index (χ2n) is 7.06. The molecule has 0 radical (unpaired) electrons. The van der Waals surface area contributed by atoms with Crippen molar-refractivity contribution in [3.63, 3.8) is 0 Å². The Morgan fingerprint density at radius 3 is 2.63 bits per heavy atom. The number of aliphatic hydroxyl groups is 1. The number of fused-ring (bicyclic) bond motifs is 1. The van der Waals surface area contributed by atoms with Crippen LogP contribution in [-0.4, -0.2) is 27.3 Å². The van der Waals surface area contributed by atoms with E-state index in [1.807, 2.05) is 50.2 Å².